The highest BCUT2D eigenvalue weighted by Crippen LogP contribution is 2.27. The minimum Gasteiger partial charge on any atom is -0.366 e. The Hall–Kier alpha value is -3.49. The Balaban J connectivity index is 1.72. The third kappa shape index (κ3) is 3.89. The number of carbonyl (C=O) groups is 2. The van der Waals surface area contributed by atoms with Gasteiger partial charge in [0.25, 0.3) is 5.91 Å². The molecule has 0 aliphatic heterocycles. The van der Waals surface area contributed by atoms with Crippen LogP contribution in [0.25, 0.3) is 16.4 Å². The molecule has 2 amide bonds. The molecule has 9 heteroatoms. The lowest BCUT2D eigenvalue weighted by molar-refractivity contribution is 0.0994. The maximum Gasteiger partial charge on any atom is 0.295 e. The topological polar surface area (TPSA) is 103 Å². The first-order valence-electron chi connectivity index (χ1n) is 8.50. The molecule has 2 aromatic carbocycles. The fourth-order valence-electron chi connectivity index (χ4n) is 2.68. The Bertz CT molecular complexity index is 1190. The molecule has 2 aromatic heterocycles. The van der Waals surface area contributed by atoms with Crippen LogP contribution in [0, 0.1) is 0 Å². The molecular weight excluding hydrogens is 410 g/mol. The molecule has 29 heavy (non-hydrogen) atoms. The van der Waals surface area contributed by atoms with Gasteiger partial charge in [0.2, 0.25) is 11.7 Å². The maximum atomic E-state index is 12.8. The molecule has 0 saturated carbocycles. The van der Waals surface area contributed by atoms with Gasteiger partial charge in [-0.3, -0.25) is 9.59 Å². The average molecular weight is 424 g/mol. The van der Waals surface area contributed by atoms with E-state index in [2.05, 4.69) is 15.4 Å². The summed E-state index contributed by atoms with van der Waals surface area (Å²) in [6.07, 6.45) is 0. The summed E-state index contributed by atoms with van der Waals surface area (Å²) < 4.78 is 1.61. The number of nitrogens with two attached hydrogens (primary N) is 1. The number of thiophene rings is 1. The van der Waals surface area contributed by atoms with Gasteiger partial charge in [-0.15, -0.1) is 16.4 Å². The fourth-order valence-corrected chi connectivity index (χ4v) is 3.54. The smallest absolute Gasteiger partial charge is 0.295 e. The third-order valence-corrected chi connectivity index (χ3v) is 5.25. The molecule has 7 nitrogen and oxygen atoms in total. The summed E-state index contributed by atoms with van der Waals surface area (Å²) in [7, 11) is 0. The summed E-state index contributed by atoms with van der Waals surface area (Å²) in [5.41, 5.74) is 6.55. The molecule has 0 unspecified atom stereocenters. The molecule has 0 saturated heterocycles. The third-order valence-electron chi connectivity index (χ3n) is 4.05. The zero-order valence-electron chi connectivity index (χ0n) is 14.9. The largest absolute Gasteiger partial charge is 0.366 e. The number of amides is 2. The Morgan fingerprint density at radius 2 is 1.86 bits per heavy atom. The molecular formula is C20H14ClN5O2S. The molecule has 2 heterocycles. The van der Waals surface area contributed by atoms with Gasteiger partial charge in [0.05, 0.1) is 21.3 Å². The molecule has 0 spiro atoms. The number of primary amides is 1. The number of anilines is 1. The number of carbonyl (C=O) groups excluding carboxylic acids is 2. The number of para-hydroxylation sites is 1. The van der Waals surface area contributed by atoms with Crippen molar-refractivity contribution in [1.82, 2.24) is 14.8 Å². The number of nitrogens with one attached hydrogen (secondary N) is 1. The quantitative estimate of drug-likeness (QED) is 0.506. The van der Waals surface area contributed by atoms with Crippen molar-refractivity contribution in [3.05, 3.63) is 82.5 Å². The van der Waals surface area contributed by atoms with E-state index in [1.54, 1.807) is 4.68 Å². The normalized spacial score (nSPS) is 10.7. The maximum absolute atomic E-state index is 12.8. The zero-order chi connectivity index (χ0) is 20.4. The monoisotopic (exact) mass is 423 g/mol. The van der Waals surface area contributed by atoms with Crippen LogP contribution >= 0.6 is 22.9 Å². The highest BCUT2D eigenvalue weighted by Gasteiger charge is 2.20. The Kier molecular flexibility index (Phi) is 5.11. The van der Waals surface area contributed by atoms with Gasteiger partial charge < -0.3 is 11.1 Å². The predicted molar refractivity (Wildman–Crippen MR) is 113 cm³/mol. The van der Waals surface area contributed by atoms with Crippen LogP contribution in [0.3, 0.4) is 0 Å². The standard InChI is InChI=1S/C20H14ClN5O2S/c21-14-9-8-12(17(22)27)11-15(14)23-20(28)18-24-19(16-7-4-10-29-16)26(25-18)13-5-2-1-3-6-13/h1-11H,(H2,22,27)(H,23,28). The zero-order valence-corrected chi connectivity index (χ0v) is 16.4. The minimum atomic E-state index is -0.622. The van der Waals surface area contributed by atoms with E-state index in [-0.39, 0.29) is 22.1 Å². The first-order valence-corrected chi connectivity index (χ1v) is 9.76. The van der Waals surface area contributed by atoms with E-state index in [9.17, 15) is 9.59 Å². The number of nitrogens with zero attached hydrogens (tertiary/aromatic N) is 3. The second-order valence-electron chi connectivity index (χ2n) is 6.00. The lowest BCUT2D eigenvalue weighted by Gasteiger charge is -2.06. The number of benzene rings is 2. The van der Waals surface area contributed by atoms with Gasteiger partial charge in [0.15, 0.2) is 5.82 Å². The molecule has 0 aliphatic carbocycles. The molecule has 0 radical (unpaired) electrons. The van der Waals surface area contributed by atoms with Crippen molar-refractivity contribution in [2.45, 2.75) is 0 Å². The number of halogens is 1. The van der Waals surface area contributed by atoms with Gasteiger partial charge in [-0.2, -0.15) is 0 Å². The van der Waals surface area contributed by atoms with Crippen molar-refractivity contribution >= 4 is 40.4 Å². The van der Waals surface area contributed by atoms with Gasteiger partial charge in [-0.05, 0) is 41.8 Å². The minimum absolute atomic E-state index is 0.0298. The van der Waals surface area contributed by atoms with E-state index in [4.69, 9.17) is 17.3 Å². The van der Waals surface area contributed by atoms with Crippen LogP contribution in [0.1, 0.15) is 21.0 Å². The van der Waals surface area contributed by atoms with E-state index in [0.29, 0.717) is 5.82 Å². The van der Waals surface area contributed by atoms with E-state index in [1.807, 2.05) is 47.8 Å². The number of hydrogen-bond acceptors (Lipinski definition) is 5. The van der Waals surface area contributed by atoms with Crippen molar-refractivity contribution in [3.63, 3.8) is 0 Å². The summed E-state index contributed by atoms with van der Waals surface area (Å²) in [5.74, 6) is -0.657. The summed E-state index contributed by atoms with van der Waals surface area (Å²) in [4.78, 5) is 29.5. The molecule has 0 atom stereocenters. The molecule has 0 fully saturated rings. The van der Waals surface area contributed by atoms with Gasteiger partial charge in [0, 0.05) is 5.56 Å². The van der Waals surface area contributed by atoms with E-state index in [1.165, 1.54) is 29.5 Å². The highest BCUT2D eigenvalue weighted by atomic mass is 35.5. The van der Waals surface area contributed by atoms with Crippen molar-refractivity contribution in [2.24, 2.45) is 5.73 Å². The van der Waals surface area contributed by atoms with Crippen molar-refractivity contribution in [2.75, 3.05) is 5.32 Å². The number of rotatable bonds is 5. The van der Waals surface area contributed by atoms with Gasteiger partial charge in [-0.1, -0.05) is 35.9 Å². The second kappa shape index (κ2) is 7.86. The van der Waals surface area contributed by atoms with Gasteiger partial charge >= 0.3 is 0 Å². The highest BCUT2D eigenvalue weighted by molar-refractivity contribution is 7.13. The molecule has 144 valence electrons. The van der Waals surface area contributed by atoms with E-state index in [0.717, 1.165) is 10.6 Å². The van der Waals surface area contributed by atoms with E-state index >= 15 is 0 Å². The van der Waals surface area contributed by atoms with Crippen molar-refractivity contribution < 1.29 is 9.59 Å². The fraction of sp³-hybridized carbons (Fsp3) is 0. The van der Waals surface area contributed by atoms with Crippen LogP contribution in [0.4, 0.5) is 5.69 Å². The summed E-state index contributed by atoms with van der Waals surface area (Å²) >= 11 is 7.63. The average Bonchev–Trinajstić information content (AvgIpc) is 3.40. The van der Waals surface area contributed by atoms with Crippen LogP contribution < -0.4 is 11.1 Å². The number of aromatic nitrogens is 3. The van der Waals surface area contributed by atoms with Gasteiger partial charge in [-0.25, -0.2) is 9.67 Å². The summed E-state index contributed by atoms with van der Waals surface area (Å²) in [5, 5.41) is 9.22. The van der Waals surface area contributed by atoms with Crippen LogP contribution in [-0.4, -0.2) is 26.6 Å². The predicted octanol–water partition coefficient (Wildman–Crippen LogP) is 4.00. The SMILES string of the molecule is NC(=O)c1ccc(Cl)c(NC(=O)c2nc(-c3cccs3)n(-c3ccccc3)n2)c1. The summed E-state index contributed by atoms with van der Waals surface area (Å²) in [6.45, 7) is 0. The molecule has 0 bridgehead atoms. The van der Waals surface area contributed by atoms with Crippen molar-refractivity contribution in [3.8, 4) is 16.4 Å². The molecule has 4 aromatic rings. The van der Waals surface area contributed by atoms with Crippen LogP contribution in [0.5, 0.6) is 0 Å². The first-order chi connectivity index (χ1) is 14.0. The van der Waals surface area contributed by atoms with Crippen LogP contribution in [-0.2, 0) is 0 Å². The Morgan fingerprint density at radius 1 is 1.07 bits per heavy atom. The Labute approximate surface area is 174 Å². The lowest BCUT2D eigenvalue weighted by atomic mass is 10.2. The molecule has 0 aliphatic rings. The Morgan fingerprint density at radius 3 is 2.55 bits per heavy atom. The van der Waals surface area contributed by atoms with E-state index < -0.39 is 11.8 Å². The lowest BCUT2D eigenvalue weighted by Crippen LogP contribution is -2.16. The second-order valence-corrected chi connectivity index (χ2v) is 7.35. The first kappa shape index (κ1) is 18.9. The van der Waals surface area contributed by atoms with Crippen molar-refractivity contribution in [1.29, 1.82) is 0 Å². The molecule has 3 N–H and O–H groups in total. The van der Waals surface area contributed by atoms with Crippen LogP contribution in [0.2, 0.25) is 5.02 Å². The number of hydrogen-bond donors (Lipinski definition) is 2. The molecule has 4 rings (SSSR count). The summed E-state index contributed by atoms with van der Waals surface area (Å²) in [6, 6.07) is 17.6. The van der Waals surface area contributed by atoms with Crippen LogP contribution in [0.15, 0.2) is 66.0 Å². The van der Waals surface area contributed by atoms with Gasteiger partial charge in [0.1, 0.15) is 0 Å².